The molecular weight excluding hydrogens is 446 g/mol. The lowest BCUT2D eigenvalue weighted by atomic mass is 10.2. The van der Waals surface area contributed by atoms with Gasteiger partial charge in [0.25, 0.3) is 15.9 Å². The van der Waals surface area contributed by atoms with Gasteiger partial charge < -0.3 is 5.32 Å². The molecule has 3 rings (SSSR count). The standard InChI is InChI=1S/C19H19N3O5S3/c1-22(2)30(26,27)17-6-3-5-16(13-17)20-19(23)14-8-10-15(11-9-14)21-29(24,25)18-7-4-12-28-18/h3-13,21H,1-2H3,(H,20,23). The van der Waals surface area contributed by atoms with Gasteiger partial charge in [0, 0.05) is 31.0 Å². The summed E-state index contributed by atoms with van der Waals surface area (Å²) < 4.78 is 52.7. The Morgan fingerprint density at radius 1 is 0.900 bits per heavy atom. The van der Waals surface area contributed by atoms with E-state index >= 15 is 0 Å². The van der Waals surface area contributed by atoms with Crippen LogP contribution < -0.4 is 10.0 Å². The van der Waals surface area contributed by atoms with Crippen molar-refractivity contribution in [1.82, 2.24) is 4.31 Å². The van der Waals surface area contributed by atoms with Crippen LogP contribution in [0.4, 0.5) is 11.4 Å². The van der Waals surface area contributed by atoms with E-state index in [0.717, 1.165) is 15.6 Å². The van der Waals surface area contributed by atoms with Crippen molar-refractivity contribution in [1.29, 1.82) is 0 Å². The molecular formula is C19H19N3O5S3. The van der Waals surface area contributed by atoms with E-state index in [1.807, 2.05) is 0 Å². The number of amides is 1. The van der Waals surface area contributed by atoms with Gasteiger partial charge in [-0.1, -0.05) is 12.1 Å². The Kier molecular flexibility index (Phi) is 6.27. The number of carbonyl (C=O) groups is 1. The number of hydrogen-bond donors (Lipinski definition) is 2. The molecule has 0 bridgehead atoms. The number of rotatable bonds is 7. The second kappa shape index (κ2) is 8.56. The molecule has 1 aromatic heterocycles. The van der Waals surface area contributed by atoms with Crippen LogP contribution >= 0.6 is 11.3 Å². The molecule has 158 valence electrons. The number of nitrogens with zero attached hydrogens (tertiary/aromatic N) is 1. The normalized spacial score (nSPS) is 12.0. The molecule has 1 amide bonds. The van der Waals surface area contributed by atoms with Gasteiger partial charge in [-0.3, -0.25) is 9.52 Å². The molecule has 0 aliphatic carbocycles. The van der Waals surface area contributed by atoms with E-state index in [1.165, 1.54) is 62.6 Å². The predicted octanol–water partition coefficient (Wildman–Crippen LogP) is 3.05. The number of thiophene rings is 1. The first-order valence-electron chi connectivity index (χ1n) is 8.60. The quantitative estimate of drug-likeness (QED) is 0.557. The fourth-order valence-corrected chi connectivity index (χ4v) is 5.46. The minimum atomic E-state index is -3.67. The zero-order chi connectivity index (χ0) is 21.9. The molecule has 3 aromatic rings. The van der Waals surface area contributed by atoms with Crippen molar-refractivity contribution in [2.24, 2.45) is 0 Å². The van der Waals surface area contributed by atoms with E-state index in [1.54, 1.807) is 17.5 Å². The first-order valence-corrected chi connectivity index (χ1v) is 12.4. The zero-order valence-electron chi connectivity index (χ0n) is 16.1. The van der Waals surface area contributed by atoms with Crippen LogP contribution in [0, 0.1) is 0 Å². The molecule has 0 atom stereocenters. The topological polar surface area (TPSA) is 113 Å². The van der Waals surface area contributed by atoms with Gasteiger partial charge in [-0.05, 0) is 53.9 Å². The molecule has 0 aliphatic rings. The van der Waals surface area contributed by atoms with E-state index in [0.29, 0.717) is 11.4 Å². The van der Waals surface area contributed by atoms with Gasteiger partial charge in [-0.25, -0.2) is 21.1 Å². The summed E-state index contributed by atoms with van der Waals surface area (Å²) in [6, 6.07) is 15.0. The lowest BCUT2D eigenvalue weighted by Crippen LogP contribution is -2.22. The first kappa shape index (κ1) is 22.0. The minimum absolute atomic E-state index is 0.0589. The number of nitrogens with one attached hydrogen (secondary N) is 2. The molecule has 8 nitrogen and oxygen atoms in total. The lowest BCUT2D eigenvalue weighted by molar-refractivity contribution is 0.102. The monoisotopic (exact) mass is 465 g/mol. The van der Waals surface area contributed by atoms with Gasteiger partial charge in [-0.2, -0.15) is 0 Å². The number of carbonyl (C=O) groups excluding carboxylic acids is 1. The Labute approximate surface area is 179 Å². The Morgan fingerprint density at radius 2 is 1.60 bits per heavy atom. The average molecular weight is 466 g/mol. The molecule has 30 heavy (non-hydrogen) atoms. The maximum absolute atomic E-state index is 12.5. The van der Waals surface area contributed by atoms with Gasteiger partial charge in [-0.15, -0.1) is 11.3 Å². The van der Waals surface area contributed by atoms with E-state index in [-0.39, 0.29) is 14.7 Å². The number of sulfonamides is 2. The van der Waals surface area contributed by atoms with Crippen LogP contribution in [0.1, 0.15) is 10.4 Å². The molecule has 0 saturated heterocycles. The third-order valence-electron chi connectivity index (χ3n) is 4.03. The van der Waals surface area contributed by atoms with E-state index in [2.05, 4.69) is 10.0 Å². The highest BCUT2D eigenvalue weighted by atomic mass is 32.2. The van der Waals surface area contributed by atoms with Crippen LogP contribution in [0.25, 0.3) is 0 Å². The maximum atomic E-state index is 12.5. The summed E-state index contributed by atoms with van der Waals surface area (Å²) in [6.07, 6.45) is 0. The summed E-state index contributed by atoms with van der Waals surface area (Å²) in [5.74, 6) is -0.456. The predicted molar refractivity (Wildman–Crippen MR) is 117 cm³/mol. The molecule has 0 spiro atoms. The summed E-state index contributed by atoms with van der Waals surface area (Å²) >= 11 is 1.10. The Balaban J connectivity index is 1.73. The smallest absolute Gasteiger partial charge is 0.271 e. The third kappa shape index (κ3) is 4.87. The van der Waals surface area contributed by atoms with Crippen molar-refractivity contribution < 1.29 is 21.6 Å². The van der Waals surface area contributed by atoms with Crippen LogP contribution in [0.15, 0.2) is 75.1 Å². The second-order valence-corrected chi connectivity index (χ2v) is 11.4. The van der Waals surface area contributed by atoms with Crippen LogP contribution in [-0.2, 0) is 20.0 Å². The van der Waals surface area contributed by atoms with Crippen LogP contribution in [0.3, 0.4) is 0 Å². The van der Waals surface area contributed by atoms with Gasteiger partial charge in [0.1, 0.15) is 4.21 Å². The van der Waals surface area contributed by atoms with Gasteiger partial charge >= 0.3 is 0 Å². The highest BCUT2D eigenvalue weighted by Crippen LogP contribution is 2.21. The second-order valence-electron chi connectivity index (χ2n) is 6.38. The van der Waals surface area contributed by atoms with Gasteiger partial charge in [0.05, 0.1) is 4.90 Å². The zero-order valence-corrected chi connectivity index (χ0v) is 18.5. The highest BCUT2D eigenvalue weighted by Gasteiger charge is 2.18. The van der Waals surface area contributed by atoms with E-state index in [9.17, 15) is 21.6 Å². The maximum Gasteiger partial charge on any atom is 0.271 e. The van der Waals surface area contributed by atoms with E-state index < -0.39 is 26.0 Å². The average Bonchev–Trinajstić information content (AvgIpc) is 3.24. The number of benzene rings is 2. The fraction of sp³-hybridized carbons (Fsp3) is 0.105. The Morgan fingerprint density at radius 3 is 2.20 bits per heavy atom. The van der Waals surface area contributed by atoms with Crippen molar-refractivity contribution in [2.45, 2.75) is 9.10 Å². The lowest BCUT2D eigenvalue weighted by Gasteiger charge is -2.13. The van der Waals surface area contributed by atoms with Crippen LogP contribution in [0.5, 0.6) is 0 Å². The van der Waals surface area contributed by atoms with Crippen molar-refractivity contribution in [3.8, 4) is 0 Å². The molecule has 1 heterocycles. The summed E-state index contributed by atoms with van der Waals surface area (Å²) in [4.78, 5) is 12.5. The number of anilines is 2. The van der Waals surface area contributed by atoms with E-state index in [4.69, 9.17) is 0 Å². The van der Waals surface area contributed by atoms with Crippen molar-refractivity contribution >= 4 is 48.7 Å². The summed E-state index contributed by atoms with van der Waals surface area (Å²) in [6.45, 7) is 0. The highest BCUT2D eigenvalue weighted by molar-refractivity contribution is 7.94. The Bertz CT molecular complexity index is 1250. The van der Waals surface area contributed by atoms with Gasteiger partial charge in [0.2, 0.25) is 10.0 Å². The van der Waals surface area contributed by atoms with Crippen molar-refractivity contribution in [3.05, 3.63) is 71.6 Å². The Hall–Kier alpha value is -2.73. The largest absolute Gasteiger partial charge is 0.322 e. The molecule has 0 unspecified atom stereocenters. The van der Waals surface area contributed by atoms with Gasteiger partial charge in [0.15, 0.2) is 0 Å². The molecule has 0 aliphatic heterocycles. The summed E-state index contributed by atoms with van der Waals surface area (Å²) in [5, 5.41) is 4.31. The first-order chi connectivity index (χ1) is 14.1. The molecule has 0 fully saturated rings. The van der Waals surface area contributed by atoms with Crippen LogP contribution in [0.2, 0.25) is 0 Å². The molecule has 11 heteroatoms. The molecule has 2 N–H and O–H groups in total. The third-order valence-corrected chi connectivity index (χ3v) is 8.62. The number of hydrogen-bond acceptors (Lipinski definition) is 6. The summed E-state index contributed by atoms with van der Waals surface area (Å²) in [7, 11) is -4.44. The van der Waals surface area contributed by atoms with Crippen molar-refractivity contribution in [2.75, 3.05) is 24.1 Å². The molecule has 2 aromatic carbocycles. The minimum Gasteiger partial charge on any atom is -0.322 e. The van der Waals surface area contributed by atoms with Crippen LogP contribution in [-0.4, -0.2) is 41.1 Å². The summed E-state index contributed by atoms with van der Waals surface area (Å²) in [5.41, 5.74) is 0.930. The molecule has 0 saturated carbocycles. The SMILES string of the molecule is CN(C)S(=O)(=O)c1cccc(NC(=O)c2ccc(NS(=O)(=O)c3cccs3)cc2)c1. The van der Waals surface area contributed by atoms with Crippen molar-refractivity contribution in [3.63, 3.8) is 0 Å². The molecule has 0 radical (unpaired) electrons. The fourth-order valence-electron chi connectivity index (χ4n) is 2.46.